The molecule has 2 fully saturated rings. The minimum Gasteiger partial charge on any atom is -0.481 e. The average Bonchev–Trinajstić information content (AvgIpc) is 3.35. The molecular weight excluding hydrogens is 318 g/mol. The molecule has 5 heteroatoms. The molecule has 134 valence electrons. The number of benzene rings is 1. The van der Waals surface area contributed by atoms with Gasteiger partial charge in [0.1, 0.15) is 0 Å². The van der Waals surface area contributed by atoms with E-state index in [-0.39, 0.29) is 23.7 Å². The van der Waals surface area contributed by atoms with Gasteiger partial charge in [-0.3, -0.25) is 9.59 Å². The van der Waals surface area contributed by atoms with Crippen LogP contribution in [0, 0.1) is 17.8 Å². The number of ether oxygens (including phenoxy) is 1. The molecule has 5 nitrogen and oxygen atoms in total. The maximum atomic E-state index is 12.5. The largest absolute Gasteiger partial charge is 0.481 e. The number of carboxylic acid groups (broad SMARTS) is 1. The van der Waals surface area contributed by atoms with Crippen molar-refractivity contribution >= 4 is 11.9 Å². The Balaban J connectivity index is 1.29. The lowest BCUT2D eigenvalue weighted by Crippen LogP contribution is -2.33. The van der Waals surface area contributed by atoms with E-state index in [9.17, 15) is 9.59 Å². The van der Waals surface area contributed by atoms with Crippen LogP contribution >= 0.6 is 0 Å². The average molecular weight is 343 g/mol. The number of aryl methyl sites for hydroxylation is 1. The fourth-order valence-corrected chi connectivity index (χ4v) is 4.56. The molecule has 3 aliphatic rings. The maximum absolute atomic E-state index is 12.5. The van der Waals surface area contributed by atoms with Crippen molar-refractivity contribution in [2.24, 2.45) is 17.8 Å². The molecule has 4 rings (SSSR count). The summed E-state index contributed by atoms with van der Waals surface area (Å²) in [5.41, 5.74) is 3.81. The third-order valence-corrected chi connectivity index (χ3v) is 6.11. The van der Waals surface area contributed by atoms with Crippen LogP contribution in [0.3, 0.4) is 0 Å². The highest BCUT2D eigenvalue weighted by molar-refractivity contribution is 5.77. The summed E-state index contributed by atoms with van der Waals surface area (Å²) in [6.07, 6.45) is 3.93. The number of rotatable bonds is 4. The van der Waals surface area contributed by atoms with Crippen LogP contribution in [0.25, 0.3) is 0 Å². The van der Waals surface area contributed by atoms with Gasteiger partial charge >= 0.3 is 5.97 Å². The first-order valence-corrected chi connectivity index (χ1v) is 9.32. The van der Waals surface area contributed by atoms with Crippen molar-refractivity contribution in [3.63, 3.8) is 0 Å². The predicted molar refractivity (Wildman–Crippen MR) is 92.0 cm³/mol. The molecule has 3 atom stereocenters. The molecule has 1 unspecified atom stereocenters. The summed E-state index contributed by atoms with van der Waals surface area (Å²) in [6.45, 7) is 2.89. The van der Waals surface area contributed by atoms with E-state index in [0.717, 1.165) is 32.3 Å². The molecule has 0 bridgehead atoms. The molecule has 1 amide bonds. The third kappa shape index (κ3) is 3.43. The molecule has 1 saturated carbocycles. The van der Waals surface area contributed by atoms with Crippen LogP contribution in [0.1, 0.15) is 36.0 Å². The molecule has 25 heavy (non-hydrogen) atoms. The zero-order valence-corrected chi connectivity index (χ0v) is 14.4. The Hall–Kier alpha value is -1.88. The summed E-state index contributed by atoms with van der Waals surface area (Å²) >= 11 is 0. The number of aliphatic carboxylic acids is 1. The van der Waals surface area contributed by atoms with Crippen molar-refractivity contribution in [2.75, 3.05) is 19.7 Å². The first-order valence-electron chi connectivity index (χ1n) is 9.32. The number of amides is 1. The molecule has 1 aliphatic carbocycles. The van der Waals surface area contributed by atoms with Gasteiger partial charge in [0.05, 0.1) is 19.1 Å². The minimum absolute atomic E-state index is 0.157. The maximum Gasteiger partial charge on any atom is 0.307 e. The number of hydrogen-bond acceptors (Lipinski definition) is 3. The van der Waals surface area contributed by atoms with Crippen LogP contribution < -0.4 is 0 Å². The smallest absolute Gasteiger partial charge is 0.307 e. The van der Waals surface area contributed by atoms with Crippen molar-refractivity contribution in [2.45, 2.75) is 38.7 Å². The van der Waals surface area contributed by atoms with E-state index >= 15 is 0 Å². The summed E-state index contributed by atoms with van der Waals surface area (Å²) in [5.74, 6) is -0.0461. The van der Waals surface area contributed by atoms with Gasteiger partial charge in [0.2, 0.25) is 5.91 Å². The van der Waals surface area contributed by atoms with Gasteiger partial charge in [0.25, 0.3) is 0 Å². The first-order chi connectivity index (χ1) is 12.1. The van der Waals surface area contributed by atoms with Gasteiger partial charge in [-0.25, -0.2) is 0 Å². The Morgan fingerprint density at radius 1 is 1.16 bits per heavy atom. The zero-order chi connectivity index (χ0) is 17.4. The monoisotopic (exact) mass is 343 g/mol. The molecule has 0 spiro atoms. The normalized spacial score (nSPS) is 27.8. The second kappa shape index (κ2) is 6.79. The van der Waals surface area contributed by atoms with E-state index in [1.807, 2.05) is 4.90 Å². The van der Waals surface area contributed by atoms with Gasteiger partial charge in [-0.1, -0.05) is 18.2 Å². The highest BCUT2D eigenvalue weighted by Gasteiger charge is 2.55. The Bertz CT molecular complexity index is 672. The Kier molecular flexibility index (Phi) is 4.50. The lowest BCUT2D eigenvalue weighted by Gasteiger charge is -2.22. The summed E-state index contributed by atoms with van der Waals surface area (Å²) in [7, 11) is 0. The lowest BCUT2D eigenvalue weighted by molar-refractivity contribution is -0.139. The predicted octanol–water partition coefficient (Wildman–Crippen LogP) is 2.26. The van der Waals surface area contributed by atoms with Gasteiger partial charge in [-0.15, -0.1) is 0 Å². The fraction of sp³-hybridized carbons (Fsp3) is 0.600. The molecule has 0 radical (unpaired) electrons. The van der Waals surface area contributed by atoms with E-state index in [1.165, 1.54) is 16.7 Å². The van der Waals surface area contributed by atoms with Crippen LogP contribution in [0.2, 0.25) is 0 Å². The topological polar surface area (TPSA) is 66.8 Å². The van der Waals surface area contributed by atoms with Crippen LogP contribution in [0.15, 0.2) is 18.2 Å². The second-order valence-corrected chi connectivity index (χ2v) is 7.56. The molecule has 2 heterocycles. The molecule has 1 aromatic rings. The van der Waals surface area contributed by atoms with Gasteiger partial charge in [0.15, 0.2) is 0 Å². The van der Waals surface area contributed by atoms with Crippen molar-refractivity contribution in [1.29, 1.82) is 0 Å². The van der Waals surface area contributed by atoms with E-state index in [0.29, 0.717) is 26.1 Å². The number of carbonyl (C=O) groups is 2. The van der Waals surface area contributed by atoms with Gasteiger partial charge in [-0.2, -0.15) is 0 Å². The molecule has 1 N–H and O–H groups in total. The lowest BCUT2D eigenvalue weighted by atomic mass is 9.98. The van der Waals surface area contributed by atoms with Crippen molar-refractivity contribution in [1.82, 2.24) is 4.90 Å². The SMILES string of the molecule is O=C(O)C1[C@H]2CCN(C(=O)CCc3ccc4c(c3)COCC4)CC[C@@H]12. The highest BCUT2D eigenvalue weighted by atomic mass is 16.5. The second-order valence-electron chi connectivity index (χ2n) is 7.56. The number of carboxylic acids is 1. The summed E-state index contributed by atoms with van der Waals surface area (Å²) in [5, 5.41) is 9.16. The van der Waals surface area contributed by atoms with E-state index in [2.05, 4.69) is 18.2 Å². The quantitative estimate of drug-likeness (QED) is 0.911. The Labute approximate surface area is 148 Å². The first kappa shape index (κ1) is 16.6. The minimum atomic E-state index is -0.661. The summed E-state index contributed by atoms with van der Waals surface area (Å²) in [4.78, 5) is 25.6. The van der Waals surface area contributed by atoms with Crippen LogP contribution in [-0.2, 0) is 33.8 Å². The van der Waals surface area contributed by atoms with Crippen molar-refractivity contribution < 1.29 is 19.4 Å². The molecular formula is C20H25NO4. The number of nitrogens with zero attached hydrogens (tertiary/aromatic N) is 1. The van der Waals surface area contributed by atoms with E-state index in [1.54, 1.807) is 0 Å². The van der Waals surface area contributed by atoms with E-state index < -0.39 is 5.97 Å². The highest BCUT2D eigenvalue weighted by Crippen LogP contribution is 2.52. The summed E-state index contributed by atoms with van der Waals surface area (Å²) in [6, 6.07) is 6.48. The molecule has 1 saturated heterocycles. The zero-order valence-electron chi connectivity index (χ0n) is 14.4. The Morgan fingerprint density at radius 2 is 1.92 bits per heavy atom. The number of likely N-dealkylation sites (tertiary alicyclic amines) is 1. The van der Waals surface area contributed by atoms with Crippen molar-refractivity contribution in [3.8, 4) is 0 Å². The number of carbonyl (C=O) groups excluding carboxylic acids is 1. The van der Waals surface area contributed by atoms with Crippen molar-refractivity contribution in [3.05, 3.63) is 34.9 Å². The molecule has 0 aromatic heterocycles. The number of fused-ring (bicyclic) bond motifs is 2. The molecule has 1 aromatic carbocycles. The van der Waals surface area contributed by atoms with Gasteiger partial charge in [-0.05, 0) is 54.2 Å². The van der Waals surface area contributed by atoms with Crippen LogP contribution in [-0.4, -0.2) is 41.6 Å². The van der Waals surface area contributed by atoms with E-state index in [4.69, 9.17) is 9.84 Å². The third-order valence-electron chi connectivity index (χ3n) is 6.11. The standard InChI is InChI=1S/C20H25NO4/c22-18(21-8-5-16-17(6-9-21)19(16)20(23)24)4-2-13-1-3-14-7-10-25-12-15(14)11-13/h1,3,11,16-17,19H,2,4-10,12H2,(H,23,24)/t16-,17+,19?. The van der Waals surface area contributed by atoms with Crippen LogP contribution in [0.5, 0.6) is 0 Å². The Morgan fingerprint density at radius 3 is 2.64 bits per heavy atom. The number of hydrogen-bond donors (Lipinski definition) is 1. The fourth-order valence-electron chi connectivity index (χ4n) is 4.56. The molecule has 2 aliphatic heterocycles. The van der Waals surface area contributed by atoms with Crippen LogP contribution in [0.4, 0.5) is 0 Å². The van der Waals surface area contributed by atoms with Gasteiger partial charge < -0.3 is 14.7 Å². The summed E-state index contributed by atoms with van der Waals surface area (Å²) < 4.78 is 5.51. The van der Waals surface area contributed by atoms with Gasteiger partial charge in [0, 0.05) is 19.5 Å².